The van der Waals surface area contributed by atoms with E-state index < -0.39 is 18.4 Å². The zero-order valence-corrected chi connectivity index (χ0v) is 10.0. The minimum absolute atomic E-state index is 0.0396. The molecule has 1 nitrogen and oxygen atoms in total. The van der Waals surface area contributed by atoms with E-state index >= 15 is 0 Å². The fourth-order valence-corrected chi connectivity index (χ4v) is 2.97. The molecule has 1 rings (SSSR count). The third-order valence-corrected chi connectivity index (χ3v) is 3.88. The minimum Gasteiger partial charge on any atom is -0.318 e. The van der Waals surface area contributed by atoms with Crippen LogP contribution < -0.4 is 5.73 Å². The highest BCUT2D eigenvalue weighted by Crippen LogP contribution is 2.41. The number of halogens is 5. The second-order valence-electron chi connectivity index (χ2n) is 3.02. The van der Waals surface area contributed by atoms with E-state index in [1.165, 1.54) is 0 Å². The van der Waals surface area contributed by atoms with Gasteiger partial charge in [0, 0.05) is 14.2 Å². The monoisotopic (exact) mass is 305 g/mol. The van der Waals surface area contributed by atoms with Crippen LogP contribution in [0.25, 0.3) is 0 Å². The molecular weight excluding hydrogens is 298 g/mol. The van der Waals surface area contributed by atoms with Gasteiger partial charge in [0.15, 0.2) is 0 Å². The highest BCUT2D eigenvalue weighted by molar-refractivity contribution is 9.10. The molecule has 0 aliphatic carbocycles. The number of hydrogen-bond donors (Lipinski definition) is 1. The molecular formula is C8H8BrF4NS. The Bertz CT molecular complexity index is 352. The van der Waals surface area contributed by atoms with Crippen molar-refractivity contribution in [2.45, 2.75) is 25.3 Å². The Labute approximate surface area is 96.4 Å². The summed E-state index contributed by atoms with van der Waals surface area (Å²) in [7, 11) is 0. The van der Waals surface area contributed by atoms with Gasteiger partial charge >= 0.3 is 12.3 Å². The lowest BCUT2D eigenvalue weighted by Gasteiger charge is -2.21. The molecule has 0 fully saturated rings. The van der Waals surface area contributed by atoms with Gasteiger partial charge in [-0.15, -0.1) is 11.3 Å². The average molecular weight is 306 g/mol. The zero-order valence-electron chi connectivity index (χ0n) is 7.61. The average Bonchev–Trinajstić information content (AvgIpc) is 2.43. The molecule has 0 aliphatic heterocycles. The Hall–Kier alpha value is -0.140. The summed E-state index contributed by atoms with van der Waals surface area (Å²) in [5.74, 6) is -4.21. The fraction of sp³-hybridized carbons (Fsp3) is 0.500. The fourth-order valence-electron chi connectivity index (χ4n) is 1.02. The van der Waals surface area contributed by atoms with Gasteiger partial charge in [0.05, 0.1) is 0 Å². The molecule has 1 heterocycles. The number of rotatable bonds is 3. The summed E-state index contributed by atoms with van der Waals surface area (Å²) in [6.07, 6.45) is -3.76. The summed E-state index contributed by atoms with van der Waals surface area (Å²) in [5.41, 5.74) is 5.14. The van der Waals surface area contributed by atoms with Crippen LogP contribution in [0.5, 0.6) is 0 Å². The molecule has 1 aromatic rings. The van der Waals surface area contributed by atoms with Crippen LogP contribution in [0.2, 0.25) is 0 Å². The topological polar surface area (TPSA) is 26.0 Å². The first-order valence-electron chi connectivity index (χ1n) is 3.94. The maximum absolute atomic E-state index is 12.9. The summed E-state index contributed by atoms with van der Waals surface area (Å²) in [4.78, 5) is 0.773. The van der Waals surface area contributed by atoms with Gasteiger partial charge in [-0.25, -0.2) is 8.78 Å². The molecule has 1 unspecified atom stereocenters. The Kier molecular flexibility index (Phi) is 3.78. The van der Waals surface area contributed by atoms with Gasteiger partial charge in [-0.2, -0.15) is 8.78 Å². The third-order valence-electron chi connectivity index (χ3n) is 1.82. The van der Waals surface area contributed by atoms with Crippen LogP contribution in [0.3, 0.4) is 0 Å². The molecule has 0 radical (unpaired) electrons. The molecule has 0 bridgehead atoms. The van der Waals surface area contributed by atoms with E-state index in [-0.39, 0.29) is 4.88 Å². The van der Waals surface area contributed by atoms with E-state index in [4.69, 9.17) is 5.73 Å². The first kappa shape index (κ1) is 12.9. The second-order valence-corrected chi connectivity index (χ2v) is 5.16. The zero-order chi connectivity index (χ0) is 11.8. The highest BCUT2D eigenvalue weighted by Gasteiger charge is 2.48. The Balaban J connectivity index is 3.04. The molecule has 0 aromatic carbocycles. The van der Waals surface area contributed by atoms with Crippen LogP contribution in [0.4, 0.5) is 17.6 Å². The lowest BCUT2D eigenvalue weighted by molar-refractivity contribution is -0.144. The van der Waals surface area contributed by atoms with Crippen LogP contribution in [0, 0.1) is 6.92 Å². The predicted octanol–water partition coefficient (Wildman–Crippen LogP) is 3.72. The number of aryl methyl sites for hydroxylation is 1. The molecule has 15 heavy (non-hydrogen) atoms. The Morgan fingerprint density at radius 1 is 1.47 bits per heavy atom. The maximum atomic E-state index is 12.9. The molecule has 0 spiro atoms. The predicted molar refractivity (Wildman–Crippen MR) is 54.6 cm³/mol. The summed E-state index contributed by atoms with van der Waals surface area (Å²) in [6, 6.07) is -0.410. The summed E-state index contributed by atoms with van der Waals surface area (Å²) in [6.45, 7) is 1.69. The summed E-state index contributed by atoms with van der Waals surface area (Å²) in [5, 5.41) is 0. The van der Waals surface area contributed by atoms with Gasteiger partial charge in [-0.3, -0.25) is 0 Å². The van der Waals surface area contributed by atoms with Crippen LogP contribution in [0.15, 0.2) is 10.5 Å². The van der Waals surface area contributed by atoms with Crippen molar-refractivity contribution in [3.63, 3.8) is 0 Å². The summed E-state index contributed by atoms with van der Waals surface area (Å²) < 4.78 is 50.3. The van der Waals surface area contributed by atoms with Gasteiger partial charge in [0.2, 0.25) is 0 Å². The number of nitrogens with two attached hydrogens (primary N) is 1. The number of alkyl halides is 4. The van der Waals surface area contributed by atoms with Gasteiger partial charge in [-0.1, -0.05) is 0 Å². The van der Waals surface area contributed by atoms with Crippen molar-refractivity contribution < 1.29 is 17.6 Å². The Morgan fingerprint density at radius 2 is 2.00 bits per heavy atom. The lowest BCUT2D eigenvalue weighted by atomic mass is 10.1. The van der Waals surface area contributed by atoms with Crippen LogP contribution in [-0.4, -0.2) is 12.3 Å². The normalized spacial score (nSPS) is 14.7. The van der Waals surface area contributed by atoms with E-state index in [2.05, 4.69) is 15.9 Å². The molecule has 2 N–H and O–H groups in total. The smallest absolute Gasteiger partial charge is 0.318 e. The van der Waals surface area contributed by atoms with Gasteiger partial charge < -0.3 is 5.73 Å². The Morgan fingerprint density at radius 3 is 2.33 bits per heavy atom. The third kappa shape index (κ3) is 2.51. The molecule has 1 aromatic heterocycles. The van der Waals surface area contributed by atoms with E-state index in [1.807, 2.05) is 0 Å². The maximum Gasteiger partial charge on any atom is 0.327 e. The van der Waals surface area contributed by atoms with Crippen LogP contribution in [-0.2, 0) is 0 Å². The van der Waals surface area contributed by atoms with E-state index in [9.17, 15) is 17.6 Å². The SMILES string of the molecule is Cc1cc(Br)c(C(N)C(F)(F)C(F)F)s1. The largest absolute Gasteiger partial charge is 0.327 e. The van der Waals surface area contributed by atoms with Gasteiger partial charge in [0.25, 0.3) is 0 Å². The molecule has 0 saturated carbocycles. The van der Waals surface area contributed by atoms with Crippen molar-refractivity contribution in [2.24, 2.45) is 5.73 Å². The standard InChI is InChI=1S/C8H8BrF4NS/c1-3-2-4(9)5(15-3)6(14)8(12,13)7(10)11/h2,6-7H,14H2,1H3. The van der Waals surface area contributed by atoms with Crippen LogP contribution in [0.1, 0.15) is 15.8 Å². The van der Waals surface area contributed by atoms with E-state index in [1.54, 1.807) is 13.0 Å². The molecule has 86 valence electrons. The molecule has 0 amide bonds. The molecule has 1 atom stereocenters. The summed E-state index contributed by atoms with van der Waals surface area (Å²) >= 11 is 3.99. The van der Waals surface area contributed by atoms with Crippen molar-refractivity contribution in [1.82, 2.24) is 0 Å². The molecule has 7 heteroatoms. The first-order valence-corrected chi connectivity index (χ1v) is 5.55. The van der Waals surface area contributed by atoms with Crippen molar-refractivity contribution >= 4 is 27.3 Å². The van der Waals surface area contributed by atoms with Gasteiger partial charge in [-0.05, 0) is 28.9 Å². The second kappa shape index (κ2) is 4.39. The lowest BCUT2D eigenvalue weighted by Crippen LogP contribution is -2.39. The highest BCUT2D eigenvalue weighted by atomic mass is 79.9. The quantitative estimate of drug-likeness (QED) is 0.846. The first-order chi connectivity index (χ1) is 6.76. The minimum atomic E-state index is -4.21. The van der Waals surface area contributed by atoms with Crippen molar-refractivity contribution in [3.05, 3.63) is 20.3 Å². The number of thiophene rings is 1. The molecule has 0 aliphatic rings. The van der Waals surface area contributed by atoms with E-state index in [0.29, 0.717) is 4.47 Å². The van der Waals surface area contributed by atoms with Crippen molar-refractivity contribution in [1.29, 1.82) is 0 Å². The van der Waals surface area contributed by atoms with E-state index in [0.717, 1.165) is 16.2 Å². The van der Waals surface area contributed by atoms with Crippen LogP contribution >= 0.6 is 27.3 Å². The van der Waals surface area contributed by atoms with Gasteiger partial charge in [0.1, 0.15) is 6.04 Å². The van der Waals surface area contributed by atoms with Crippen molar-refractivity contribution in [3.8, 4) is 0 Å². The van der Waals surface area contributed by atoms with Crippen molar-refractivity contribution in [2.75, 3.05) is 0 Å². The number of hydrogen-bond acceptors (Lipinski definition) is 2. The molecule has 0 saturated heterocycles.